The molecule has 0 amide bonds. The normalized spacial score (nSPS) is 18.4. The third-order valence-corrected chi connectivity index (χ3v) is 3.44. The highest BCUT2D eigenvalue weighted by Gasteiger charge is 2.30. The first-order valence-electron chi connectivity index (χ1n) is 6.46. The van der Waals surface area contributed by atoms with Crippen molar-refractivity contribution in [3.05, 3.63) is 64.9 Å². The van der Waals surface area contributed by atoms with Gasteiger partial charge in [0.15, 0.2) is 5.22 Å². The Hall–Kier alpha value is -2.11. The number of hydrogen-bond donors (Lipinski definition) is 1. The second kappa shape index (κ2) is 5.71. The number of rotatable bonds is 4. The third kappa shape index (κ3) is 2.99. The summed E-state index contributed by atoms with van der Waals surface area (Å²) in [6.07, 6.45) is 1.79. The molecule has 0 aliphatic carbocycles. The summed E-state index contributed by atoms with van der Waals surface area (Å²) in [4.78, 5) is 5.54. The molecule has 0 saturated carbocycles. The van der Waals surface area contributed by atoms with Crippen LogP contribution in [0.1, 0.15) is 17.4 Å². The first kappa shape index (κ1) is 13.9. The highest BCUT2D eigenvalue weighted by Crippen LogP contribution is 2.33. The van der Waals surface area contributed by atoms with Crippen LogP contribution in [0.2, 0.25) is 5.22 Å². The fourth-order valence-electron chi connectivity index (χ4n) is 2.21. The summed E-state index contributed by atoms with van der Waals surface area (Å²) >= 11 is 5.82. The van der Waals surface area contributed by atoms with E-state index in [0.717, 1.165) is 11.3 Å². The van der Waals surface area contributed by atoms with E-state index >= 15 is 0 Å². The molecule has 110 valence electrons. The van der Waals surface area contributed by atoms with E-state index in [9.17, 15) is 0 Å². The molecule has 1 aliphatic heterocycles. The van der Waals surface area contributed by atoms with Gasteiger partial charge in [-0.25, -0.2) is 0 Å². The highest BCUT2D eigenvalue weighted by atomic mass is 35.5. The molecule has 0 fully saturated rings. The molecule has 6 heteroatoms. The molecular formula is C15H15ClN2O3. The van der Waals surface area contributed by atoms with Crippen molar-refractivity contribution in [2.24, 2.45) is 5.73 Å². The lowest BCUT2D eigenvalue weighted by Crippen LogP contribution is -2.22. The van der Waals surface area contributed by atoms with Gasteiger partial charge in [-0.15, -0.1) is 5.06 Å². The average Bonchev–Trinajstić information content (AvgIpc) is 3.06. The van der Waals surface area contributed by atoms with Crippen molar-refractivity contribution in [3.63, 3.8) is 0 Å². The van der Waals surface area contributed by atoms with E-state index in [1.54, 1.807) is 24.3 Å². The van der Waals surface area contributed by atoms with Crippen LogP contribution in [0.3, 0.4) is 0 Å². The Kier molecular flexibility index (Phi) is 3.77. The highest BCUT2D eigenvalue weighted by molar-refractivity contribution is 6.28. The molecule has 1 aliphatic rings. The molecule has 0 saturated heterocycles. The number of nitrogens with two attached hydrogens (primary N) is 1. The smallest absolute Gasteiger partial charge is 0.207 e. The number of nitrogens with zero attached hydrogens (tertiary/aromatic N) is 1. The molecule has 1 aromatic carbocycles. The van der Waals surface area contributed by atoms with Gasteiger partial charge in [-0.3, -0.25) is 0 Å². The van der Waals surface area contributed by atoms with Crippen LogP contribution in [-0.4, -0.2) is 12.2 Å². The van der Waals surface area contributed by atoms with Gasteiger partial charge in [0.25, 0.3) is 0 Å². The monoisotopic (exact) mass is 306 g/mol. The molecule has 1 atom stereocenters. The van der Waals surface area contributed by atoms with E-state index in [-0.39, 0.29) is 6.04 Å². The quantitative estimate of drug-likeness (QED) is 0.939. The van der Waals surface area contributed by atoms with Crippen LogP contribution in [0.15, 0.2) is 52.8 Å². The van der Waals surface area contributed by atoms with E-state index in [2.05, 4.69) is 0 Å². The van der Waals surface area contributed by atoms with Crippen LogP contribution in [0.4, 0.5) is 0 Å². The van der Waals surface area contributed by atoms with Gasteiger partial charge in [-0.1, -0.05) is 12.1 Å². The van der Waals surface area contributed by atoms with Crippen LogP contribution in [0.5, 0.6) is 5.75 Å². The lowest BCUT2D eigenvalue weighted by atomic mass is 10.1. The molecule has 5 nitrogen and oxygen atoms in total. The van der Waals surface area contributed by atoms with E-state index in [4.69, 9.17) is 31.3 Å². The number of benzene rings is 1. The molecule has 0 radical (unpaired) electrons. The number of methoxy groups -OCH3 is 1. The summed E-state index contributed by atoms with van der Waals surface area (Å²) < 4.78 is 10.6. The van der Waals surface area contributed by atoms with Crippen LogP contribution < -0.4 is 10.5 Å². The zero-order chi connectivity index (χ0) is 14.8. The maximum atomic E-state index is 5.82. The summed E-state index contributed by atoms with van der Waals surface area (Å²) in [7, 11) is 1.64. The first-order valence-corrected chi connectivity index (χ1v) is 6.83. The second-order valence-corrected chi connectivity index (χ2v) is 5.04. The fraction of sp³-hybridized carbons (Fsp3) is 0.200. The van der Waals surface area contributed by atoms with Crippen molar-refractivity contribution in [2.45, 2.75) is 12.6 Å². The van der Waals surface area contributed by atoms with Gasteiger partial charge in [-0.05, 0) is 41.4 Å². The van der Waals surface area contributed by atoms with E-state index < -0.39 is 0 Å². The second-order valence-electron chi connectivity index (χ2n) is 4.67. The van der Waals surface area contributed by atoms with Crippen molar-refractivity contribution in [2.75, 3.05) is 7.11 Å². The van der Waals surface area contributed by atoms with Crippen molar-refractivity contribution >= 4 is 11.6 Å². The minimum atomic E-state index is -0.195. The van der Waals surface area contributed by atoms with Crippen molar-refractivity contribution in [1.29, 1.82) is 0 Å². The van der Waals surface area contributed by atoms with Crippen LogP contribution in [0.25, 0.3) is 0 Å². The van der Waals surface area contributed by atoms with Crippen LogP contribution in [0, 0.1) is 0 Å². The van der Waals surface area contributed by atoms with Gasteiger partial charge in [0.1, 0.15) is 17.6 Å². The molecular weight excluding hydrogens is 292 g/mol. The Morgan fingerprint density at radius 2 is 2.00 bits per heavy atom. The molecule has 0 spiro atoms. The first-order chi connectivity index (χ1) is 10.2. The van der Waals surface area contributed by atoms with Crippen molar-refractivity contribution in [3.8, 4) is 5.75 Å². The van der Waals surface area contributed by atoms with Crippen LogP contribution in [-0.2, 0) is 11.4 Å². The molecule has 21 heavy (non-hydrogen) atoms. The van der Waals surface area contributed by atoms with Crippen LogP contribution >= 0.6 is 11.6 Å². The third-order valence-electron chi connectivity index (χ3n) is 3.24. The summed E-state index contributed by atoms with van der Waals surface area (Å²) in [5.74, 6) is 1.85. The predicted molar refractivity (Wildman–Crippen MR) is 78.4 cm³/mol. The Balaban J connectivity index is 1.77. The molecule has 2 heterocycles. The number of furan rings is 1. The average molecular weight is 307 g/mol. The number of ether oxygens (including phenoxy) is 1. The predicted octanol–water partition coefficient (Wildman–Crippen LogP) is 3.23. The zero-order valence-electron chi connectivity index (χ0n) is 11.5. The van der Waals surface area contributed by atoms with Gasteiger partial charge in [0.2, 0.25) is 5.88 Å². The van der Waals surface area contributed by atoms with E-state index in [1.807, 2.05) is 30.3 Å². The molecule has 2 N–H and O–H groups in total. The summed E-state index contributed by atoms with van der Waals surface area (Å²) in [6.45, 7) is 0.560. The van der Waals surface area contributed by atoms with Gasteiger partial charge < -0.3 is 19.7 Å². The number of hydrogen-bond acceptors (Lipinski definition) is 5. The molecule has 2 aromatic rings. The fourth-order valence-corrected chi connectivity index (χ4v) is 2.37. The lowest BCUT2D eigenvalue weighted by molar-refractivity contribution is -0.131. The van der Waals surface area contributed by atoms with E-state index in [0.29, 0.717) is 23.4 Å². The molecule has 0 bridgehead atoms. The largest absolute Gasteiger partial charge is 0.497 e. The summed E-state index contributed by atoms with van der Waals surface area (Å²) in [5.41, 5.74) is 6.83. The molecule has 3 rings (SSSR count). The van der Waals surface area contributed by atoms with Gasteiger partial charge >= 0.3 is 0 Å². The summed E-state index contributed by atoms with van der Waals surface area (Å²) in [6, 6.07) is 11.1. The molecule has 1 unspecified atom stereocenters. The Morgan fingerprint density at radius 3 is 2.62 bits per heavy atom. The van der Waals surface area contributed by atoms with Gasteiger partial charge in [0.05, 0.1) is 13.7 Å². The lowest BCUT2D eigenvalue weighted by Gasteiger charge is -2.21. The zero-order valence-corrected chi connectivity index (χ0v) is 12.2. The SMILES string of the molecule is COc1ccc(CN2OC(N)=CC2c2ccc(Cl)o2)cc1. The standard InChI is InChI=1S/C15H15ClN2O3/c1-19-11-4-2-10(3-5-11)9-18-12(8-15(17)21-18)13-6-7-14(16)20-13/h2-8,12H,9,17H2,1H3. The van der Waals surface area contributed by atoms with Gasteiger partial charge in [0, 0.05) is 6.08 Å². The van der Waals surface area contributed by atoms with Crippen molar-refractivity contribution < 1.29 is 14.0 Å². The molecule has 1 aromatic heterocycles. The minimum Gasteiger partial charge on any atom is -0.497 e. The maximum Gasteiger partial charge on any atom is 0.207 e. The number of halogens is 1. The Morgan fingerprint density at radius 1 is 1.24 bits per heavy atom. The Bertz CT molecular complexity index is 651. The Labute approximate surface area is 127 Å². The van der Waals surface area contributed by atoms with Crippen molar-refractivity contribution in [1.82, 2.24) is 5.06 Å². The topological polar surface area (TPSA) is 60.9 Å². The maximum absolute atomic E-state index is 5.82. The summed E-state index contributed by atoms with van der Waals surface area (Å²) in [5, 5.41) is 2.08. The van der Waals surface area contributed by atoms with Gasteiger partial charge in [-0.2, -0.15) is 0 Å². The number of hydroxylamine groups is 2. The van der Waals surface area contributed by atoms with E-state index in [1.165, 1.54) is 0 Å². The minimum absolute atomic E-state index is 0.195.